The van der Waals surface area contributed by atoms with E-state index in [0.29, 0.717) is 18.3 Å². The number of non-ortho nitro benzene ring substituents is 1. The molecule has 5 rings (SSSR count). The summed E-state index contributed by atoms with van der Waals surface area (Å²) in [6.07, 6.45) is 12.0. The molecule has 2 unspecified atom stereocenters. The Morgan fingerprint density at radius 3 is 2.37 bits per heavy atom. The predicted molar refractivity (Wildman–Crippen MR) is 117 cm³/mol. The molecule has 0 spiro atoms. The fraction of sp³-hybridized carbons (Fsp3) is 0.708. The first-order valence-corrected chi connectivity index (χ1v) is 11.7. The Bertz CT molecular complexity index is 762. The predicted octanol–water partition coefficient (Wildman–Crippen LogP) is 4.46. The van der Waals surface area contributed by atoms with E-state index in [0.717, 1.165) is 45.2 Å². The first-order chi connectivity index (χ1) is 14.4. The highest BCUT2D eigenvalue weighted by Crippen LogP contribution is 2.66. The minimum Gasteiger partial charge on any atom is -0.356 e. The normalized spacial score (nSPS) is 31.6. The van der Waals surface area contributed by atoms with Crippen molar-refractivity contribution >= 4 is 11.6 Å². The summed E-state index contributed by atoms with van der Waals surface area (Å²) >= 11 is 0. The van der Waals surface area contributed by atoms with E-state index in [1.54, 1.807) is 12.1 Å². The van der Waals surface area contributed by atoms with Crippen LogP contribution in [0.4, 0.5) is 5.69 Å². The van der Waals surface area contributed by atoms with E-state index in [-0.39, 0.29) is 27.3 Å². The number of nitrogens with two attached hydrogens (primary N) is 1. The van der Waals surface area contributed by atoms with Gasteiger partial charge in [0.05, 0.1) is 4.92 Å². The lowest BCUT2D eigenvalue weighted by atomic mass is 9.42. The van der Waals surface area contributed by atoms with Crippen LogP contribution in [0.1, 0.15) is 76.2 Å². The minimum atomic E-state index is -0.328. The third-order valence-electron chi connectivity index (χ3n) is 7.86. The third-order valence-corrected chi connectivity index (χ3v) is 7.86. The molecule has 6 nitrogen and oxygen atoms in total. The number of rotatable bonds is 10. The maximum atomic E-state index is 12.8. The smallest absolute Gasteiger partial charge is 0.269 e. The molecule has 1 aromatic rings. The van der Waals surface area contributed by atoms with Crippen molar-refractivity contribution in [3.63, 3.8) is 0 Å². The highest BCUT2D eigenvalue weighted by Gasteiger charge is 2.58. The molecular weight excluding hydrogens is 378 g/mol. The Morgan fingerprint density at radius 2 is 1.73 bits per heavy atom. The molecule has 0 aliphatic heterocycles. The average molecular weight is 414 g/mol. The van der Waals surface area contributed by atoms with Crippen LogP contribution in [0.2, 0.25) is 0 Å². The lowest BCUT2D eigenvalue weighted by molar-refractivity contribution is -0.384. The van der Waals surface area contributed by atoms with Crippen LogP contribution in [-0.2, 0) is 10.2 Å². The quantitative estimate of drug-likeness (QED) is 0.336. The molecular formula is C24H35N3O3. The number of nitrogens with one attached hydrogen (secondary N) is 1. The van der Waals surface area contributed by atoms with E-state index >= 15 is 0 Å². The number of benzene rings is 1. The molecule has 4 saturated carbocycles. The lowest BCUT2D eigenvalue weighted by Gasteiger charge is -2.62. The van der Waals surface area contributed by atoms with Crippen LogP contribution < -0.4 is 11.1 Å². The van der Waals surface area contributed by atoms with Gasteiger partial charge in [0, 0.05) is 25.1 Å². The van der Waals surface area contributed by atoms with Crippen LogP contribution >= 0.6 is 0 Å². The summed E-state index contributed by atoms with van der Waals surface area (Å²) in [5, 5.41) is 14.2. The highest BCUT2D eigenvalue weighted by molar-refractivity contribution is 5.76. The largest absolute Gasteiger partial charge is 0.356 e. The van der Waals surface area contributed by atoms with E-state index < -0.39 is 0 Å². The van der Waals surface area contributed by atoms with Crippen LogP contribution in [-0.4, -0.2) is 23.9 Å². The molecule has 4 aliphatic carbocycles. The van der Waals surface area contributed by atoms with Gasteiger partial charge in [-0.25, -0.2) is 0 Å². The molecule has 0 aromatic heterocycles. The summed E-state index contributed by atoms with van der Waals surface area (Å²) in [7, 11) is 0. The van der Waals surface area contributed by atoms with Gasteiger partial charge in [-0.1, -0.05) is 25.0 Å². The topological polar surface area (TPSA) is 98.3 Å². The van der Waals surface area contributed by atoms with E-state index in [9.17, 15) is 14.9 Å². The van der Waals surface area contributed by atoms with Crippen LogP contribution in [0.3, 0.4) is 0 Å². The summed E-state index contributed by atoms with van der Waals surface area (Å²) < 4.78 is 0. The number of carbonyl (C=O) groups excluding carboxylic acids is 1. The molecule has 6 heteroatoms. The van der Waals surface area contributed by atoms with Gasteiger partial charge >= 0.3 is 0 Å². The van der Waals surface area contributed by atoms with Crippen molar-refractivity contribution in [2.45, 2.75) is 76.0 Å². The number of amides is 1. The van der Waals surface area contributed by atoms with Gasteiger partial charge in [-0.2, -0.15) is 0 Å². The molecule has 164 valence electrons. The van der Waals surface area contributed by atoms with E-state index in [1.807, 2.05) is 12.1 Å². The molecule has 30 heavy (non-hydrogen) atoms. The zero-order valence-electron chi connectivity index (χ0n) is 17.9. The maximum absolute atomic E-state index is 12.8. The van der Waals surface area contributed by atoms with Crippen LogP contribution in [0.25, 0.3) is 0 Å². The lowest BCUT2D eigenvalue weighted by Crippen LogP contribution is -2.55. The molecule has 4 atom stereocenters. The molecule has 0 radical (unpaired) electrons. The van der Waals surface area contributed by atoms with Crippen molar-refractivity contribution in [3.8, 4) is 0 Å². The zero-order chi connectivity index (χ0) is 21.2. The summed E-state index contributed by atoms with van der Waals surface area (Å²) in [6, 6.07) is 7.25. The Kier molecular flexibility index (Phi) is 6.14. The average Bonchev–Trinajstić information content (AvgIpc) is 2.69. The Labute approximate surface area is 179 Å². The van der Waals surface area contributed by atoms with Crippen LogP contribution in [0.15, 0.2) is 24.3 Å². The summed E-state index contributed by atoms with van der Waals surface area (Å²) in [6.45, 7) is 1.51. The molecule has 1 amide bonds. The number of hydrogen-bond donors (Lipinski definition) is 2. The fourth-order valence-electron chi connectivity index (χ4n) is 7.19. The molecule has 0 heterocycles. The molecule has 0 saturated heterocycles. The van der Waals surface area contributed by atoms with E-state index in [2.05, 4.69) is 5.32 Å². The van der Waals surface area contributed by atoms with Crippen molar-refractivity contribution in [2.24, 2.45) is 23.0 Å². The minimum absolute atomic E-state index is 0.0989. The molecule has 4 aliphatic rings. The van der Waals surface area contributed by atoms with Crippen molar-refractivity contribution < 1.29 is 9.72 Å². The number of unbranched alkanes of at least 4 members (excludes halogenated alkanes) is 3. The van der Waals surface area contributed by atoms with E-state index in [4.69, 9.17) is 5.73 Å². The van der Waals surface area contributed by atoms with Crippen molar-refractivity contribution in [2.75, 3.05) is 13.1 Å². The zero-order valence-corrected chi connectivity index (χ0v) is 17.9. The Morgan fingerprint density at radius 1 is 1.07 bits per heavy atom. The van der Waals surface area contributed by atoms with Crippen molar-refractivity contribution in [1.29, 1.82) is 0 Å². The van der Waals surface area contributed by atoms with Crippen LogP contribution in [0, 0.1) is 27.4 Å². The molecule has 4 bridgehead atoms. The number of nitro benzene ring substituents is 1. The summed E-state index contributed by atoms with van der Waals surface area (Å²) in [5.74, 6) is 1.57. The Balaban J connectivity index is 1.41. The second kappa shape index (κ2) is 8.66. The fourth-order valence-corrected chi connectivity index (χ4v) is 7.19. The monoisotopic (exact) mass is 413 g/mol. The SMILES string of the molecule is NCCCCCCNC(=O)CC12C[C@H]3C[C@@H](C1)CC(c1ccc([N+](=O)[O-])cc1)(C3)C2. The van der Waals surface area contributed by atoms with Crippen molar-refractivity contribution in [1.82, 2.24) is 5.32 Å². The van der Waals surface area contributed by atoms with E-state index in [1.165, 1.54) is 37.7 Å². The molecule has 3 N–H and O–H groups in total. The number of hydrogen-bond acceptors (Lipinski definition) is 4. The van der Waals surface area contributed by atoms with Gasteiger partial charge in [-0.3, -0.25) is 14.9 Å². The van der Waals surface area contributed by atoms with Gasteiger partial charge in [-0.05, 0) is 86.1 Å². The Hall–Kier alpha value is -1.95. The molecule has 1 aromatic carbocycles. The van der Waals surface area contributed by atoms with Gasteiger partial charge in [0.25, 0.3) is 5.69 Å². The van der Waals surface area contributed by atoms with Gasteiger partial charge in [0.15, 0.2) is 0 Å². The second-order valence-corrected chi connectivity index (χ2v) is 10.3. The summed E-state index contributed by atoms with van der Waals surface area (Å²) in [5.41, 5.74) is 7.14. The standard InChI is InChI=1S/C24H35N3O3/c25-9-3-1-2-4-10-26-22(28)16-23-12-18-11-19(13-23)15-24(14-18,17-23)20-5-7-21(8-6-20)27(29)30/h5-8,18-19H,1-4,9-17,25H2,(H,26,28)/t18-,19+,23?,24?. The van der Waals surface area contributed by atoms with Gasteiger partial charge in [-0.15, -0.1) is 0 Å². The van der Waals surface area contributed by atoms with Gasteiger partial charge in [0.2, 0.25) is 5.91 Å². The van der Waals surface area contributed by atoms with Gasteiger partial charge in [0.1, 0.15) is 0 Å². The number of carbonyl (C=O) groups is 1. The number of nitrogens with zero attached hydrogens (tertiary/aromatic N) is 1. The second-order valence-electron chi connectivity index (χ2n) is 10.3. The van der Waals surface area contributed by atoms with Gasteiger partial charge < -0.3 is 11.1 Å². The molecule has 4 fully saturated rings. The van der Waals surface area contributed by atoms with Crippen LogP contribution in [0.5, 0.6) is 0 Å². The summed E-state index contributed by atoms with van der Waals surface area (Å²) in [4.78, 5) is 23.5. The third kappa shape index (κ3) is 4.39. The highest BCUT2D eigenvalue weighted by atomic mass is 16.6. The maximum Gasteiger partial charge on any atom is 0.269 e. The van der Waals surface area contributed by atoms with Crippen molar-refractivity contribution in [3.05, 3.63) is 39.9 Å². The first-order valence-electron chi connectivity index (χ1n) is 11.7. The number of nitro groups is 1. The first kappa shape index (κ1) is 21.3.